The summed E-state index contributed by atoms with van der Waals surface area (Å²) in [6.07, 6.45) is 6.84. The number of hydrogen-bond donors (Lipinski definition) is 1. The first-order valence-electron chi connectivity index (χ1n) is 8.53. The van der Waals surface area contributed by atoms with E-state index in [0.29, 0.717) is 11.8 Å². The third-order valence-electron chi connectivity index (χ3n) is 6.35. The molecule has 0 aromatic carbocycles. The van der Waals surface area contributed by atoms with Crippen LogP contribution in [-0.4, -0.2) is 37.3 Å². The van der Waals surface area contributed by atoms with Gasteiger partial charge in [0.2, 0.25) is 6.39 Å². The minimum Gasteiger partial charge on any atom is -0.465 e. The molecule has 4 aliphatic rings. The Bertz CT molecular complexity index is 624. The van der Waals surface area contributed by atoms with Crippen LogP contribution in [0, 0.1) is 17.3 Å². The largest absolute Gasteiger partial charge is 0.465 e. The average Bonchev–Trinajstić information content (AvgIpc) is 2.99. The normalized spacial score (nSPS) is 38.2. The standard InChI is InChI=1S/C17H25N3O3/c1-15(2,3)20(14(21)22)17-6-11-4-12(17)7-16(5-11,9-17)8-13-18-10-23-19-13/h10-12H,4-9H2,1-3H3,(H,21,22). The van der Waals surface area contributed by atoms with Gasteiger partial charge in [0.05, 0.1) is 5.54 Å². The van der Waals surface area contributed by atoms with E-state index in [0.717, 1.165) is 31.5 Å². The average molecular weight is 319 g/mol. The quantitative estimate of drug-likeness (QED) is 0.924. The molecule has 0 radical (unpaired) electrons. The summed E-state index contributed by atoms with van der Waals surface area (Å²) in [4.78, 5) is 18.1. The van der Waals surface area contributed by atoms with Gasteiger partial charge in [0, 0.05) is 12.0 Å². The first-order chi connectivity index (χ1) is 10.7. The van der Waals surface area contributed by atoms with E-state index < -0.39 is 6.09 Å². The van der Waals surface area contributed by atoms with Gasteiger partial charge in [0.25, 0.3) is 0 Å². The minimum absolute atomic E-state index is 0.147. The fraction of sp³-hybridized carbons (Fsp3) is 0.824. The van der Waals surface area contributed by atoms with Crippen LogP contribution in [0.2, 0.25) is 0 Å². The Morgan fingerprint density at radius 2 is 2.22 bits per heavy atom. The molecular formula is C17H25N3O3. The van der Waals surface area contributed by atoms with Crippen LogP contribution >= 0.6 is 0 Å². The highest BCUT2D eigenvalue weighted by Crippen LogP contribution is 2.69. The summed E-state index contributed by atoms with van der Waals surface area (Å²) in [5.74, 6) is 1.88. The van der Waals surface area contributed by atoms with Crippen molar-refractivity contribution in [2.24, 2.45) is 17.3 Å². The molecule has 23 heavy (non-hydrogen) atoms. The Kier molecular flexibility index (Phi) is 2.92. The predicted octanol–water partition coefficient (Wildman–Crippen LogP) is 3.34. The van der Waals surface area contributed by atoms with Gasteiger partial charge in [0.15, 0.2) is 5.82 Å². The molecule has 126 valence electrons. The lowest BCUT2D eigenvalue weighted by atomic mass is 9.66. The van der Waals surface area contributed by atoms with E-state index in [4.69, 9.17) is 4.52 Å². The Balaban J connectivity index is 1.70. The molecule has 4 saturated carbocycles. The third-order valence-corrected chi connectivity index (χ3v) is 6.35. The van der Waals surface area contributed by atoms with Gasteiger partial charge in [0.1, 0.15) is 0 Å². The number of hydrogen-bond acceptors (Lipinski definition) is 4. The lowest BCUT2D eigenvalue weighted by Gasteiger charge is -2.50. The number of carbonyl (C=O) groups is 1. The van der Waals surface area contributed by atoms with E-state index >= 15 is 0 Å². The molecule has 0 spiro atoms. The molecule has 4 unspecified atom stereocenters. The Hall–Kier alpha value is -1.59. The van der Waals surface area contributed by atoms with Crippen molar-refractivity contribution in [2.45, 2.75) is 70.4 Å². The smallest absolute Gasteiger partial charge is 0.408 e. The van der Waals surface area contributed by atoms with Crippen molar-refractivity contribution < 1.29 is 14.4 Å². The van der Waals surface area contributed by atoms with Gasteiger partial charge in [-0.2, -0.15) is 4.98 Å². The molecule has 1 amide bonds. The maximum atomic E-state index is 12.1. The molecule has 6 nitrogen and oxygen atoms in total. The van der Waals surface area contributed by atoms with Gasteiger partial charge >= 0.3 is 6.09 Å². The van der Waals surface area contributed by atoms with Crippen molar-refractivity contribution in [1.29, 1.82) is 0 Å². The highest BCUT2D eigenvalue weighted by atomic mass is 16.5. The lowest BCUT2D eigenvalue weighted by Crippen LogP contribution is -2.60. The molecule has 0 saturated heterocycles. The Labute approximate surface area is 136 Å². The number of amides is 1. The zero-order chi connectivity index (χ0) is 16.5. The number of rotatable bonds is 3. The van der Waals surface area contributed by atoms with Crippen molar-refractivity contribution in [3.8, 4) is 0 Å². The SMILES string of the molecule is CC(C)(C)N(C(=O)O)C12CC3CC1CC(Cc1ncon1)(C3)C2. The van der Waals surface area contributed by atoms with Crippen LogP contribution in [0.15, 0.2) is 10.9 Å². The van der Waals surface area contributed by atoms with E-state index in [1.54, 1.807) is 4.90 Å². The molecular weight excluding hydrogens is 294 g/mol. The molecule has 4 aliphatic carbocycles. The number of nitrogens with zero attached hydrogens (tertiary/aromatic N) is 3. The zero-order valence-corrected chi connectivity index (χ0v) is 14.1. The Morgan fingerprint density at radius 1 is 1.43 bits per heavy atom. The summed E-state index contributed by atoms with van der Waals surface area (Å²) in [5.41, 5.74) is -0.427. The molecule has 0 aliphatic heterocycles. The van der Waals surface area contributed by atoms with Crippen molar-refractivity contribution in [3.05, 3.63) is 12.2 Å². The molecule has 1 aromatic rings. The van der Waals surface area contributed by atoms with Crippen LogP contribution in [0.25, 0.3) is 0 Å². The van der Waals surface area contributed by atoms with Crippen LogP contribution in [0.1, 0.15) is 58.7 Å². The molecule has 4 atom stereocenters. The maximum absolute atomic E-state index is 12.1. The van der Waals surface area contributed by atoms with Crippen LogP contribution < -0.4 is 0 Å². The summed E-state index contributed by atoms with van der Waals surface area (Å²) in [7, 11) is 0. The highest BCUT2D eigenvalue weighted by Gasteiger charge is 2.68. The first kappa shape index (κ1) is 15.0. The minimum atomic E-state index is -0.777. The zero-order valence-electron chi connectivity index (χ0n) is 14.1. The van der Waals surface area contributed by atoms with Crippen molar-refractivity contribution >= 4 is 6.09 Å². The fourth-order valence-electron chi connectivity index (χ4n) is 6.34. The van der Waals surface area contributed by atoms with Crippen molar-refractivity contribution in [3.63, 3.8) is 0 Å². The van der Waals surface area contributed by atoms with Crippen LogP contribution in [0.5, 0.6) is 0 Å². The summed E-state index contributed by atoms with van der Waals surface area (Å²) in [6, 6.07) is 0. The molecule has 5 rings (SSSR count). The number of carboxylic acid groups (broad SMARTS) is 1. The van der Waals surface area contributed by atoms with E-state index in [2.05, 4.69) is 10.1 Å². The van der Waals surface area contributed by atoms with Gasteiger partial charge < -0.3 is 9.63 Å². The van der Waals surface area contributed by atoms with Crippen LogP contribution in [0.4, 0.5) is 4.79 Å². The molecule has 4 bridgehead atoms. The number of aromatic nitrogens is 2. The second-order valence-corrected chi connectivity index (χ2v) is 9.00. The summed E-state index contributed by atoms with van der Waals surface area (Å²) in [6.45, 7) is 6.04. The third kappa shape index (κ3) is 2.10. The molecule has 1 aromatic heterocycles. The summed E-state index contributed by atoms with van der Waals surface area (Å²) in [5, 5.41) is 13.9. The molecule has 1 heterocycles. The second kappa shape index (κ2) is 4.48. The van der Waals surface area contributed by atoms with E-state index in [-0.39, 0.29) is 16.5 Å². The van der Waals surface area contributed by atoms with E-state index in [1.807, 2.05) is 20.8 Å². The molecule has 6 heteroatoms. The van der Waals surface area contributed by atoms with Gasteiger partial charge in [-0.1, -0.05) is 5.16 Å². The van der Waals surface area contributed by atoms with Crippen LogP contribution in [0.3, 0.4) is 0 Å². The highest BCUT2D eigenvalue weighted by molar-refractivity contribution is 5.68. The fourth-order valence-corrected chi connectivity index (χ4v) is 6.34. The summed E-state index contributed by atoms with van der Waals surface area (Å²) < 4.78 is 4.90. The monoisotopic (exact) mass is 319 g/mol. The van der Waals surface area contributed by atoms with Crippen LogP contribution in [-0.2, 0) is 6.42 Å². The van der Waals surface area contributed by atoms with Crippen molar-refractivity contribution in [2.75, 3.05) is 0 Å². The lowest BCUT2D eigenvalue weighted by molar-refractivity contribution is -0.0109. The summed E-state index contributed by atoms with van der Waals surface area (Å²) >= 11 is 0. The topological polar surface area (TPSA) is 79.5 Å². The maximum Gasteiger partial charge on any atom is 0.408 e. The molecule has 4 fully saturated rings. The second-order valence-electron chi connectivity index (χ2n) is 9.00. The van der Waals surface area contributed by atoms with Gasteiger partial charge in [-0.05, 0) is 70.1 Å². The van der Waals surface area contributed by atoms with E-state index in [1.165, 1.54) is 19.2 Å². The van der Waals surface area contributed by atoms with Gasteiger partial charge in [-0.25, -0.2) is 4.79 Å². The predicted molar refractivity (Wildman–Crippen MR) is 82.8 cm³/mol. The molecule has 1 N–H and O–H groups in total. The van der Waals surface area contributed by atoms with E-state index in [9.17, 15) is 9.90 Å². The van der Waals surface area contributed by atoms with Crippen molar-refractivity contribution in [1.82, 2.24) is 15.0 Å². The van der Waals surface area contributed by atoms with Gasteiger partial charge in [-0.3, -0.25) is 4.90 Å². The Morgan fingerprint density at radius 3 is 2.83 bits per heavy atom. The first-order valence-corrected chi connectivity index (χ1v) is 8.53. The van der Waals surface area contributed by atoms with Gasteiger partial charge in [-0.15, -0.1) is 0 Å².